The Bertz CT molecular complexity index is 1230. The van der Waals surface area contributed by atoms with Gasteiger partial charge in [-0.25, -0.2) is 0 Å². The Morgan fingerprint density at radius 2 is 1.54 bits per heavy atom. The Morgan fingerprint density at radius 3 is 2.23 bits per heavy atom. The van der Waals surface area contributed by atoms with E-state index in [0.717, 1.165) is 16.3 Å². The second kappa shape index (κ2) is 11.0. The molecule has 1 saturated carbocycles. The highest BCUT2D eigenvalue weighted by Crippen LogP contribution is 2.28. The monoisotopic (exact) mass is 474 g/mol. The number of carboxylic acids is 1. The maximum absolute atomic E-state index is 12.6. The molecule has 0 spiro atoms. The van der Waals surface area contributed by atoms with Crippen LogP contribution in [0.5, 0.6) is 5.75 Å². The van der Waals surface area contributed by atoms with Gasteiger partial charge in [-0.2, -0.15) is 0 Å². The Hall–Kier alpha value is -3.87. The molecule has 0 heterocycles. The third-order valence-electron chi connectivity index (χ3n) is 6.48. The number of aliphatic carboxylic acids is 1. The largest absolute Gasteiger partial charge is 0.490 e. The van der Waals surface area contributed by atoms with Gasteiger partial charge in [0.2, 0.25) is 0 Å². The molecule has 0 unspecified atom stereocenters. The second-order valence-corrected chi connectivity index (χ2v) is 8.98. The minimum atomic E-state index is -0.733. The predicted molar refractivity (Wildman–Crippen MR) is 134 cm³/mol. The number of fused-ring (bicyclic) bond motifs is 1. The summed E-state index contributed by atoms with van der Waals surface area (Å²) in [6.45, 7) is 2.48. The molecule has 0 radical (unpaired) electrons. The lowest BCUT2D eigenvalue weighted by molar-refractivity contribution is -0.143. The fourth-order valence-corrected chi connectivity index (χ4v) is 4.46. The SMILES string of the molecule is Cc1cc(O[C@H]2CC[C@@H](C(=O)O)CC2)ccc1C(=O)NCCNC(=O)c1ccc2ccccc2c1. The number of hydrogen-bond acceptors (Lipinski definition) is 4. The highest BCUT2D eigenvalue weighted by Gasteiger charge is 2.27. The van der Waals surface area contributed by atoms with Gasteiger partial charge in [0.15, 0.2) is 0 Å². The second-order valence-electron chi connectivity index (χ2n) is 8.98. The number of carboxylic acid groups (broad SMARTS) is 1. The van der Waals surface area contributed by atoms with Crippen LogP contribution in [0.2, 0.25) is 0 Å². The minimum absolute atomic E-state index is 0.00380. The van der Waals surface area contributed by atoms with Crippen molar-refractivity contribution in [3.63, 3.8) is 0 Å². The van der Waals surface area contributed by atoms with Crippen molar-refractivity contribution in [3.8, 4) is 5.75 Å². The molecular formula is C28H30N2O5. The molecule has 2 amide bonds. The molecule has 0 atom stereocenters. The van der Waals surface area contributed by atoms with Crippen molar-refractivity contribution in [1.29, 1.82) is 0 Å². The van der Waals surface area contributed by atoms with E-state index in [9.17, 15) is 14.4 Å². The van der Waals surface area contributed by atoms with Gasteiger partial charge in [0.05, 0.1) is 12.0 Å². The van der Waals surface area contributed by atoms with E-state index >= 15 is 0 Å². The molecular weight excluding hydrogens is 444 g/mol. The Kier molecular flexibility index (Phi) is 7.65. The van der Waals surface area contributed by atoms with Crippen molar-refractivity contribution in [3.05, 3.63) is 77.4 Å². The lowest BCUT2D eigenvalue weighted by Gasteiger charge is -2.27. The molecule has 0 saturated heterocycles. The van der Waals surface area contributed by atoms with Crippen molar-refractivity contribution in [2.75, 3.05) is 13.1 Å². The number of amides is 2. The third-order valence-corrected chi connectivity index (χ3v) is 6.48. The van der Waals surface area contributed by atoms with E-state index in [1.165, 1.54) is 0 Å². The molecule has 0 aliphatic heterocycles. The number of nitrogens with one attached hydrogen (secondary N) is 2. The van der Waals surface area contributed by atoms with Gasteiger partial charge in [-0.1, -0.05) is 30.3 Å². The van der Waals surface area contributed by atoms with Crippen molar-refractivity contribution >= 4 is 28.6 Å². The maximum atomic E-state index is 12.6. The molecule has 0 aromatic heterocycles. The summed E-state index contributed by atoms with van der Waals surface area (Å²) in [5.74, 6) is -0.723. The Morgan fingerprint density at radius 1 is 0.857 bits per heavy atom. The van der Waals surface area contributed by atoms with Crippen molar-refractivity contribution < 1.29 is 24.2 Å². The summed E-state index contributed by atoms with van der Waals surface area (Å²) in [6, 6.07) is 18.8. The van der Waals surface area contributed by atoms with Crippen LogP contribution in [0.3, 0.4) is 0 Å². The first-order valence-corrected chi connectivity index (χ1v) is 12.0. The molecule has 182 valence electrons. The van der Waals surface area contributed by atoms with Crippen LogP contribution in [0.1, 0.15) is 52.0 Å². The summed E-state index contributed by atoms with van der Waals surface area (Å²) < 4.78 is 6.02. The van der Waals surface area contributed by atoms with Crippen LogP contribution in [0.15, 0.2) is 60.7 Å². The molecule has 1 fully saturated rings. The van der Waals surface area contributed by atoms with Crippen LogP contribution in [-0.4, -0.2) is 42.1 Å². The Labute approximate surface area is 204 Å². The molecule has 35 heavy (non-hydrogen) atoms. The number of rotatable bonds is 8. The van der Waals surface area contributed by atoms with Crippen LogP contribution in [-0.2, 0) is 4.79 Å². The minimum Gasteiger partial charge on any atom is -0.490 e. The van der Waals surface area contributed by atoms with Crippen molar-refractivity contribution in [2.45, 2.75) is 38.7 Å². The zero-order valence-corrected chi connectivity index (χ0v) is 19.8. The van der Waals surface area contributed by atoms with Crippen LogP contribution >= 0.6 is 0 Å². The first-order valence-electron chi connectivity index (χ1n) is 12.0. The van der Waals surface area contributed by atoms with E-state index in [1.807, 2.05) is 49.4 Å². The number of carbonyl (C=O) groups excluding carboxylic acids is 2. The van der Waals surface area contributed by atoms with Crippen molar-refractivity contribution in [2.24, 2.45) is 5.92 Å². The zero-order chi connectivity index (χ0) is 24.8. The molecule has 7 nitrogen and oxygen atoms in total. The van der Waals surface area contributed by atoms with Gasteiger partial charge in [0.1, 0.15) is 5.75 Å². The number of hydrogen-bond donors (Lipinski definition) is 3. The van der Waals surface area contributed by atoms with Crippen LogP contribution < -0.4 is 15.4 Å². The van der Waals surface area contributed by atoms with Gasteiger partial charge in [0, 0.05) is 24.2 Å². The summed E-state index contributed by atoms with van der Waals surface area (Å²) in [7, 11) is 0. The normalized spacial score (nSPS) is 17.5. The van der Waals surface area contributed by atoms with Gasteiger partial charge < -0.3 is 20.5 Å². The van der Waals surface area contributed by atoms with E-state index in [0.29, 0.717) is 55.6 Å². The fourth-order valence-electron chi connectivity index (χ4n) is 4.46. The first kappa shape index (κ1) is 24.3. The van der Waals surface area contributed by atoms with Crippen molar-refractivity contribution in [1.82, 2.24) is 10.6 Å². The van der Waals surface area contributed by atoms with E-state index < -0.39 is 5.97 Å². The van der Waals surface area contributed by atoms with E-state index in [1.54, 1.807) is 18.2 Å². The average molecular weight is 475 g/mol. The predicted octanol–water partition coefficient (Wildman–Crippen LogP) is 4.33. The molecule has 3 N–H and O–H groups in total. The van der Waals surface area contributed by atoms with E-state index in [-0.39, 0.29) is 23.8 Å². The molecule has 0 bridgehead atoms. The van der Waals surface area contributed by atoms with Crippen LogP contribution in [0.25, 0.3) is 10.8 Å². The van der Waals surface area contributed by atoms with Crippen LogP contribution in [0.4, 0.5) is 0 Å². The topological polar surface area (TPSA) is 105 Å². The Balaban J connectivity index is 1.23. The summed E-state index contributed by atoms with van der Waals surface area (Å²) >= 11 is 0. The molecule has 4 rings (SSSR count). The van der Waals surface area contributed by atoms with Gasteiger partial charge in [-0.3, -0.25) is 14.4 Å². The highest BCUT2D eigenvalue weighted by molar-refractivity contribution is 5.98. The van der Waals surface area contributed by atoms with Gasteiger partial charge >= 0.3 is 5.97 Å². The summed E-state index contributed by atoms with van der Waals surface area (Å²) in [6.07, 6.45) is 2.66. The van der Waals surface area contributed by atoms with Gasteiger partial charge in [-0.05, 0) is 79.3 Å². The van der Waals surface area contributed by atoms with Gasteiger partial charge in [-0.15, -0.1) is 0 Å². The van der Waals surface area contributed by atoms with E-state index in [4.69, 9.17) is 9.84 Å². The summed E-state index contributed by atoms with van der Waals surface area (Å²) in [4.78, 5) is 36.2. The van der Waals surface area contributed by atoms with Crippen LogP contribution in [0, 0.1) is 12.8 Å². The number of ether oxygens (including phenoxy) is 1. The molecule has 3 aromatic carbocycles. The molecule has 1 aliphatic carbocycles. The first-order chi connectivity index (χ1) is 16.9. The zero-order valence-electron chi connectivity index (χ0n) is 19.8. The van der Waals surface area contributed by atoms with Gasteiger partial charge in [0.25, 0.3) is 11.8 Å². The third kappa shape index (κ3) is 6.18. The number of carbonyl (C=O) groups is 3. The molecule has 1 aliphatic rings. The maximum Gasteiger partial charge on any atom is 0.306 e. The number of benzene rings is 3. The molecule has 3 aromatic rings. The standard InChI is InChI=1S/C28H30N2O5/c1-18-16-24(35-23-10-8-20(9-11-23)28(33)34)12-13-25(18)27(32)30-15-14-29-26(31)22-7-6-19-4-2-3-5-21(19)17-22/h2-7,12-13,16-17,20,23H,8-11,14-15H2,1H3,(H,29,31)(H,30,32)(H,33,34)/t20-,23+. The lowest BCUT2D eigenvalue weighted by Crippen LogP contribution is -2.35. The summed E-state index contributed by atoms with van der Waals surface area (Å²) in [5.41, 5.74) is 1.92. The fraction of sp³-hybridized carbons (Fsp3) is 0.321. The smallest absolute Gasteiger partial charge is 0.306 e. The highest BCUT2D eigenvalue weighted by atomic mass is 16.5. The quantitative estimate of drug-likeness (QED) is 0.422. The molecule has 7 heteroatoms. The van der Waals surface area contributed by atoms with E-state index in [2.05, 4.69) is 10.6 Å². The number of aryl methyl sites for hydroxylation is 1. The summed E-state index contributed by atoms with van der Waals surface area (Å²) in [5, 5.41) is 16.9. The average Bonchev–Trinajstić information content (AvgIpc) is 2.86. The lowest BCUT2D eigenvalue weighted by atomic mass is 9.87.